The van der Waals surface area contributed by atoms with Crippen molar-refractivity contribution in [2.75, 3.05) is 31.6 Å². The van der Waals surface area contributed by atoms with Crippen LogP contribution in [0.25, 0.3) is 0 Å². The van der Waals surface area contributed by atoms with Crippen LogP contribution >= 0.6 is 0 Å². The second-order valence-electron chi connectivity index (χ2n) is 5.05. The van der Waals surface area contributed by atoms with Gasteiger partial charge in [0.1, 0.15) is 0 Å². The summed E-state index contributed by atoms with van der Waals surface area (Å²) in [4.78, 5) is 14.1. The first-order valence-electron chi connectivity index (χ1n) is 7.08. The van der Waals surface area contributed by atoms with Gasteiger partial charge in [-0.1, -0.05) is 24.6 Å². The summed E-state index contributed by atoms with van der Waals surface area (Å²) in [6.45, 7) is 5.60. The number of hydrogen-bond donors (Lipinski definition) is 1. The van der Waals surface area contributed by atoms with Crippen LogP contribution in [0.5, 0.6) is 0 Å². The van der Waals surface area contributed by atoms with E-state index in [0.29, 0.717) is 0 Å². The molecule has 0 saturated carbocycles. The molecule has 19 heavy (non-hydrogen) atoms. The zero-order valence-electron chi connectivity index (χ0n) is 11.6. The highest BCUT2D eigenvalue weighted by atomic mass is 16.2. The number of carbonyl (C=O) groups is 1. The van der Waals surface area contributed by atoms with Gasteiger partial charge in [-0.2, -0.15) is 0 Å². The average molecular weight is 261 g/mol. The molecule has 0 aliphatic carbocycles. The third kappa shape index (κ3) is 4.56. The summed E-state index contributed by atoms with van der Waals surface area (Å²) in [7, 11) is 0. The van der Waals surface area contributed by atoms with Gasteiger partial charge in [0.25, 0.3) is 0 Å². The van der Waals surface area contributed by atoms with Crippen LogP contribution in [-0.4, -0.2) is 42.0 Å². The van der Waals surface area contributed by atoms with Gasteiger partial charge < -0.3 is 4.90 Å². The number of nitrogens with zero attached hydrogens (tertiary/aromatic N) is 2. The van der Waals surface area contributed by atoms with Crippen LogP contribution in [0.15, 0.2) is 30.3 Å². The zero-order valence-corrected chi connectivity index (χ0v) is 11.6. The topological polar surface area (TPSA) is 35.6 Å². The van der Waals surface area contributed by atoms with Gasteiger partial charge in [-0.3, -0.25) is 15.2 Å². The Morgan fingerprint density at radius 3 is 2.53 bits per heavy atom. The van der Waals surface area contributed by atoms with E-state index >= 15 is 0 Å². The molecule has 0 aromatic heterocycles. The molecule has 4 nitrogen and oxygen atoms in total. The van der Waals surface area contributed by atoms with Gasteiger partial charge in [-0.25, -0.2) is 0 Å². The molecule has 4 heteroatoms. The first-order valence-corrected chi connectivity index (χ1v) is 7.08. The minimum absolute atomic E-state index is 0.0564. The number of hydrazine groups is 1. The number of rotatable bonds is 5. The molecule has 1 saturated heterocycles. The number of carbonyl (C=O) groups excluding carboxylic acids is 1. The van der Waals surface area contributed by atoms with Crippen molar-refractivity contribution >= 4 is 11.6 Å². The fourth-order valence-electron chi connectivity index (χ4n) is 2.39. The smallest absolute Gasteiger partial charge is 0.237 e. The zero-order chi connectivity index (χ0) is 13.5. The summed E-state index contributed by atoms with van der Waals surface area (Å²) >= 11 is 0. The van der Waals surface area contributed by atoms with Crippen LogP contribution in [0, 0.1) is 0 Å². The maximum atomic E-state index is 11.7. The molecule has 1 fully saturated rings. The van der Waals surface area contributed by atoms with Crippen molar-refractivity contribution in [1.29, 1.82) is 0 Å². The Bertz CT molecular complexity index is 388. The Labute approximate surface area is 115 Å². The highest BCUT2D eigenvalue weighted by molar-refractivity contribution is 5.74. The van der Waals surface area contributed by atoms with E-state index in [1.54, 1.807) is 11.9 Å². The van der Waals surface area contributed by atoms with E-state index in [9.17, 15) is 4.79 Å². The standard InChI is InChI=1S/C15H23N3O/c1-14(19)18(16-15-8-4-2-5-9-15)13-12-17-10-6-3-7-11-17/h2,4-5,8-9,16H,3,6-7,10-13H2,1H3. The van der Waals surface area contributed by atoms with Gasteiger partial charge >= 0.3 is 0 Å². The van der Waals surface area contributed by atoms with Gasteiger partial charge in [0.15, 0.2) is 0 Å². The molecule has 2 rings (SSSR count). The largest absolute Gasteiger partial charge is 0.301 e. The van der Waals surface area contributed by atoms with Gasteiger partial charge in [-0.15, -0.1) is 0 Å². The lowest BCUT2D eigenvalue weighted by atomic mass is 10.1. The third-order valence-corrected chi connectivity index (χ3v) is 3.51. The SMILES string of the molecule is CC(=O)N(CCN1CCCCC1)Nc1ccccc1. The van der Waals surface area contributed by atoms with Crippen molar-refractivity contribution in [2.45, 2.75) is 26.2 Å². The fourth-order valence-corrected chi connectivity index (χ4v) is 2.39. The summed E-state index contributed by atoms with van der Waals surface area (Å²) in [5, 5.41) is 1.70. The van der Waals surface area contributed by atoms with E-state index in [1.807, 2.05) is 30.3 Å². The van der Waals surface area contributed by atoms with E-state index in [1.165, 1.54) is 19.3 Å². The number of para-hydroxylation sites is 1. The van der Waals surface area contributed by atoms with Crippen LogP contribution in [0.3, 0.4) is 0 Å². The van der Waals surface area contributed by atoms with Crippen molar-refractivity contribution in [3.8, 4) is 0 Å². The fraction of sp³-hybridized carbons (Fsp3) is 0.533. The maximum Gasteiger partial charge on any atom is 0.237 e. The van der Waals surface area contributed by atoms with Crippen molar-refractivity contribution < 1.29 is 4.79 Å². The number of nitrogens with one attached hydrogen (secondary N) is 1. The molecule has 1 aromatic rings. The molecule has 0 radical (unpaired) electrons. The number of anilines is 1. The molecular formula is C15H23N3O. The van der Waals surface area contributed by atoms with Crippen LogP contribution in [0.2, 0.25) is 0 Å². The highest BCUT2D eigenvalue weighted by Crippen LogP contribution is 2.10. The van der Waals surface area contributed by atoms with Crippen LogP contribution < -0.4 is 5.43 Å². The maximum absolute atomic E-state index is 11.7. The van der Waals surface area contributed by atoms with E-state index in [0.717, 1.165) is 31.9 Å². The quantitative estimate of drug-likeness (QED) is 0.826. The minimum Gasteiger partial charge on any atom is -0.301 e. The van der Waals surface area contributed by atoms with E-state index in [-0.39, 0.29) is 5.91 Å². The molecule has 0 spiro atoms. The minimum atomic E-state index is 0.0564. The van der Waals surface area contributed by atoms with E-state index in [2.05, 4.69) is 10.3 Å². The third-order valence-electron chi connectivity index (χ3n) is 3.51. The predicted octanol–water partition coefficient (Wildman–Crippen LogP) is 2.35. The molecule has 0 unspecified atom stereocenters. The van der Waals surface area contributed by atoms with E-state index in [4.69, 9.17) is 0 Å². The molecule has 1 aromatic carbocycles. The highest BCUT2D eigenvalue weighted by Gasteiger charge is 2.13. The molecule has 104 valence electrons. The lowest BCUT2D eigenvalue weighted by Crippen LogP contribution is -2.42. The normalized spacial score (nSPS) is 16.1. The van der Waals surface area contributed by atoms with Crippen LogP contribution in [0.1, 0.15) is 26.2 Å². The second kappa shape index (κ2) is 7.14. The van der Waals surface area contributed by atoms with Crippen LogP contribution in [0.4, 0.5) is 5.69 Å². The van der Waals surface area contributed by atoms with Gasteiger partial charge in [0.05, 0.1) is 12.2 Å². The van der Waals surface area contributed by atoms with Crippen LogP contribution in [-0.2, 0) is 4.79 Å². The van der Waals surface area contributed by atoms with E-state index < -0.39 is 0 Å². The Kier molecular flexibility index (Phi) is 5.21. The second-order valence-corrected chi connectivity index (χ2v) is 5.05. The molecular weight excluding hydrogens is 238 g/mol. The van der Waals surface area contributed by atoms with Gasteiger partial charge in [0.2, 0.25) is 5.91 Å². The molecule has 1 amide bonds. The van der Waals surface area contributed by atoms with Crippen molar-refractivity contribution in [3.63, 3.8) is 0 Å². The Morgan fingerprint density at radius 1 is 1.21 bits per heavy atom. The summed E-state index contributed by atoms with van der Waals surface area (Å²) < 4.78 is 0. The molecule has 1 heterocycles. The Morgan fingerprint density at radius 2 is 1.89 bits per heavy atom. The lowest BCUT2D eigenvalue weighted by molar-refractivity contribution is -0.127. The van der Waals surface area contributed by atoms with Crippen molar-refractivity contribution in [2.24, 2.45) is 0 Å². The molecule has 0 atom stereocenters. The number of amides is 1. The first-order chi connectivity index (χ1) is 9.25. The first kappa shape index (κ1) is 13.9. The monoisotopic (exact) mass is 261 g/mol. The number of benzene rings is 1. The van der Waals surface area contributed by atoms with Gasteiger partial charge in [0, 0.05) is 13.5 Å². The predicted molar refractivity (Wildman–Crippen MR) is 77.7 cm³/mol. The van der Waals surface area contributed by atoms with Crippen molar-refractivity contribution in [1.82, 2.24) is 9.91 Å². The van der Waals surface area contributed by atoms with Crippen molar-refractivity contribution in [3.05, 3.63) is 30.3 Å². The molecule has 1 aliphatic heterocycles. The number of likely N-dealkylation sites (tertiary alicyclic amines) is 1. The molecule has 1 aliphatic rings. The molecule has 1 N–H and O–H groups in total. The Balaban J connectivity index is 1.84. The molecule has 0 bridgehead atoms. The summed E-state index contributed by atoms with van der Waals surface area (Å²) in [5.74, 6) is 0.0564. The van der Waals surface area contributed by atoms with Gasteiger partial charge in [-0.05, 0) is 38.1 Å². The average Bonchev–Trinajstić information content (AvgIpc) is 2.45. The Hall–Kier alpha value is -1.55. The summed E-state index contributed by atoms with van der Waals surface area (Å²) in [5.41, 5.74) is 4.13. The number of piperidine rings is 1. The number of hydrogen-bond acceptors (Lipinski definition) is 3. The summed E-state index contributed by atoms with van der Waals surface area (Å²) in [6, 6.07) is 9.83. The summed E-state index contributed by atoms with van der Waals surface area (Å²) in [6.07, 6.45) is 3.91. The lowest BCUT2D eigenvalue weighted by Gasteiger charge is -2.30.